The van der Waals surface area contributed by atoms with Crippen LogP contribution in [-0.2, 0) is 4.79 Å². The smallest absolute Gasteiger partial charge is 0.237 e. The summed E-state index contributed by atoms with van der Waals surface area (Å²) in [6.07, 6.45) is 8.66. The highest BCUT2D eigenvalue weighted by molar-refractivity contribution is 8.00. The van der Waals surface area contributed by atoms with Crippen molar-refractivity contribution in [3.05, 3.63) is 0 Å². The molecule has 1 unspecified atom stereocenters. The van der Waals surface area contributed by atoms with Gasteiger partial charge in [-0.15, -0.1) is 0 Å². The monoisotopic (exact) mass is 299 g/mol. The van der Waals surface area contributed by atoms with E-state index < -0.39 is 0 Å². The lowest BCUT2D eigenvalue weighted by Crippen LogP contribution is -2.54. The quantitative estimate of drug-likeness (QED) is 0.807. The Hall–Kier alpha value is -0.260. The lowest BCUT2D eigenvalue weighted by Gasteiger charge is -2.37. The summed E-state index contributed by atoms with van der Waals surface area (Å²) in [6.45, 7) is 6.81. The Labute approximate surface area is 127 Å². The predicted octanol–water partition coefficient (Wildman–Crippen LogP) is 1.46. The molecule has 2 fully saturated rings. The summed E-state index contributed by atoms with van der Waals surface area (Å²) < 4.78 is 0.289. The Morgan fingerprint density at radius 3 is 2.55 bits per heavy atom. The van der Waals surface area contributed by atoms with E-state index in [1.807, 2.05) is 18.7 Å². The van der Waals surface area contributed by atoms with Crippen LogP contribution < -0.4 is 10.6 Å². The van der Waals surface area contributed by atoms with Gasteiger partial charge in [-0.25, -0.2) is 0 Å². The second kappa shape index (κ2) is 7.66. The van der Waals surface area contributed by atoms with Crippen LogP contribution in [0.5, 0.6) is 0 Å². The molecule has 0 aromatic rings. The van der Waals surface area contributed by atoms with E-state index in [9.17, 15) is 4.79 Å². The van der Waals surface area contributed by atoms with Crippen molar-refractivity contribution in [1.82, 2.24) is 15.5 Å². The number of rotatable bonds is 5. The molecule has 1 amide bonds. The maximum absolute atomic E-state index is 12.4. The van der Waals surface area contributed by atoms with Gasteiger partial charge in [-0.3, -0.25) is 9.69 Å². The topological polar surface area (TPSA) is 44.4 Å². The van der Waals surface area contributed by atoms with Crippen molar-refractivity contribution in [3.63, 3.8) is 0 Å². The fourth-order valence-corrected chi connectivity index (χ4v) is 4.19. The lowest BCUT2D eigenvalue weighted by atomic mass is 9.88. The third-order valence-electron chi connectivity index (χ3n) is 4.86. The fraction of sp³-hybridized carbons (Fsp3) is 0.933. The van der Waals surface area contributed by atoms with E-state index in [4.69, 9.17) is 0 Å². The highest BCUT2D eigenvalue weighted by atomic mass is 32.2. The van der Waals surface area contributed by atoms with Gasteiger partial charge in [-0.2, -0.15) is 11.8 Å². The normalized spacial score (nSPS) is 25.1. The maximum atomic E-state index is 12.4. The Balaban J connectivity index is 1.80. The van der Waals surface area contributed by atoms with Gasteiger partial charge >= 0.3 is 0 Å². The van der Waals surface area contributed by atoms with Crippen LogP contribution in [0.25, 0.3) is 0 Å². The molecule has 1 atom stereocenters. The number of hydrogen-bond acceptors (Lipinski definition) is 4. The fourth-order valence-electron chi connectivity index (χ4n) is 3.28. The average Bonchev–Trinajstić information content (AvgIpc) is 2.53. The van der Waals surface area contributed by atoms with Gasteiger partial charge in [0.25, 0.3) is 0 Å². The van der Waals surface area contributed by atoms with Crippen molar-refractivity contribution in [1.29, 1.82) is 0 Å². The van der Waals surface area contributed by atoms with E-state index in [2.05, 4.69) is 21.8 Å². The van der Waals surface area contributed by atoms with Crippen LogP contribution in [0.4, 0.5) is 0 Å². The van der Waals surface area contributed by atoms with Crippen LogP contribution >= 0.6 is 11.8 Å². The second-order valence-electron chi connectivity index (χ2n) is 6.13. The van der Waals surface area contributed by atoms with E-state index in [1.165, 1.54) is 32.1 Å². The number of carbonyl (C=O) groups excluding carboxylic acids is 1. The number of piperazine rings is 1. The molecule has 116 valence electrons. The van der Waals surface area contributed by atoms with Gasteiger partial charge in [0.1, 0.15) is 0 Å². The third kappa shape index (κ3) is 4.12. The van der Waals surface area contributed by atoms with Crippen molar-refractivity contribution in [2.75, 3.05) is 39.0 Å². The molecule has 2 rings (SSSR count). The zero-order chi connectivity index (χ0) is 14.4. The first-order chi connectivity index (χ1) is 9.67. The van der Waals surface area contributed by atoms with Gasteiger partial charge in [0.05, 0.1) is 6.04 Å². The zero-order valence-corrected chi connectivity index (χ0v) is 13.7. The van der Waals surface area contributed by atoms with Crippen molar-refractivity contribution in [2.45, 2.75) is 49.8 Å². The molecule has 1 aliphatic carbocycles. The Morgan fingerprint density at radius 1 is 1.30 bits per heavy atom. The summed E-state index contributed by atoms with van der Waals surface area (Å²) in [5.74, 6) is 0.200. The number of nitrogens with one attached hydrogen (secondary N) is 2. The minimum atomic E-state index is -0.000373. The zero-order valence-electron chi connectivity index (χ0n) is 12.9. The van der Waals surface area contributed by atoms with Crippen LogP contribution in [-0.4, -0.2) is 60.6 Å². The Kier molecular flexibility index (Phi) is 6.18. The highest BCUT2D eigenvalue weighted by Gasteiger charge is 2.32. The molecule has 1 heterocycles. The van der Waals surface area contributed by atoms with Gasteiger partial charge in [0.2, 0.25) is 5.91 Å². The largest absolute Gasteiger partial charge is 0.353 e. The highest BCUT2D eigenvalue weighted by Crippen LogP contribution is 2.37. The molecule has 5 heteroatoms. The number of nitrogens with zero attached hydrogens (tertiary/aromatic N) is 1. The maximum Gasteiger partial charge on any atom is 0.237 e. The van der Waals surface area contributed by atoms with Crippen molar-refractivity contribution >= 4 is 17.7 Å². The van der Waals surface area contributed by atoms with Gasteiger partial charge in [0.15, 0.2) is 0 Å². The molecule has 1 aliphatic heterocycles. The van der Waals surface area contributed by atoms with Crippen LogP contribution in [0.1, 0.15) is 39.0 Å². The van der Waals surface area contributed by atoms with Gasteiger partial charge in [0, 0.05) is 37.5 Å². The Bertz CT molecular complexity index is 312. The van der Waals surface area contributed by atoms with E-state index >= 15 is 0 Å². The first-order valence-electron chi connectivity index (χ1n) is 7.94. The summed E-state index contributed by atoms with van der Waals surface area (Å²) in [6, 6.07) is -0.000373. The van der Waals surface area contributed by atoms with Crippen LogP contribution in [0.3, 0.4) is 0 Å². The molecular weight excluding hydrogens is 270 g/mol. The lowest BCUT2D eigenvalue weighted by molar-refractivity contribution is -0.126. The molecule has 0 aromatic carbocycles. The second-order valence-corrected chi connectivity index (χ2v) is 7.40. The summed E-state index contributed by atoms with van der Waals surface area (Å²) in [4.78, 5) is 14.6. The molecular formula is C15H29N3OS. The summed E-state index contributed by atoms with van der Waals surface area (Å²) in [7, 11) is 0. The molecule has 1 saturated heterocycles. The summed E-state index contributed by atoms with van der Waals surface area (Å²) in [5.41, 5.74) is 0. The molecule has 2 aliphatic rings. The van der Waals surface area contributed by atoms with Crippen molar-refractivity contribution < 1.29 is 4.79 Å². The molecule has 4 nitrogen and oxygen atoms in total. The molecule has 20 heavy (non-hydrogen) atoms. The van der Waals surface area contributed by atoms with E-state index in [-0.39, 0.29) is 16.7 Å². The van der Waals surface area contributed by atoms with Crippen LogP contribution in [0.15, 0.2) is 0 Å². The summed E-state index contributed by atoms with van der Waals surface area (Å²) in [5, 5.41) is 6.55. The van der Waals surface area contributed by atoms with Gasteiger partial charge in [-0.05, 0) is 26.0 Å². The SMILES string of the molecule is CSC1(CNC(=O)C(C)N2CCNCC2)CCCCC1. The Morgan fingerprint density at radius 2 is 1.95 bits per heavy atom. The van der Waals surface area contributed by atoms with Crippen molar-refractivity contribution in [3.8, 4) is 0 Å². The number of thioether (sulfide) groups is 1. The first kappa shape index (κ1) is 16.1. The molecule has 0 spiro atoms. The summed E-state index contributed by atoms with van der Waals surface area (Å²) >= 11 is 1.94. The molecule has 2 N–H and O–H groups in total. The predicted molar refractivity (Wildman–Crippen MR) is 86.2 cm³/mol. The number of hydrogen-bond donors (Lipinski definition) is 2. The standard InChI is InChI=1S/C15H29N3OS/c1-13(18-10-8-16-9-11-18)14(19)17-12-15(20-2)6-4-3-5-7-15/h13,16H,3-12H2,1-2H3,(H,17,19). The van der Waals surface area contributed by atoms with E-state index in [0.29, 0.717) is 0 Å². The number of amides is 1. The van der Waals surface area contributed by atoms with Gasteiger partial charge < -0.3 is 10.6 Å². The minimum absolute atomic E-state index is 0.000373. The molecule has 1 saturated carbocycles. The van der Waals surface area contributed by atoms with E-state index in [1.54, 1.807) is 0 Å². The number of carbonyl (C=O) groups is 1. The van der Waals surface area contributed by atoms with Crippen LogP contribution in [0, 0.1) is 0 Å². The van der Waals surface area contributed by atoms with E-state index in [0.717, 1.165) is 32.7 Å². The van der Waals surface area contributed by atoms with Gasteiger partial charge in [-0.1, -0.05) is 19.3 Å². The molecule has 0 aromatic heterocycles. The average molecular weight is 299 g/mol. The minimum Gasteiger partial charge on any atom is -0.353 e. The van der Waals surface area contributed by atoms with Crippen molar-refractivity contribution in [2.24, 2.45) is 0 Å². The first-order valence-corrected chi connectivity index (χ1v) is 9.17. The molecule has 0 bridgehead atoms. The van der Waals surface area contributed by atoms with Crippen LogP contribution in [0.2, 0.25) is 0 Å². The molecule has 0 radical (unpaired) electrons. The third-order valence-corrected chi connectivity index (χ3v) is 6.28.